The third kappa shape index (κ3) is 3.92. The van der Waals surface area contributed by atoms with E-state index in [9.17, 15) is 4.39 Å². The first-order valence-electron chi connectivity index (χ1n) is 6.73. The van der Waals surface area contributed by atoms with Crippen LogP contribution in [-0.2, 0) is 4.74 Å². The van der Waals surface area contributed by atoms with E-state index >= 15 is 0 Å². The van der Waals surface area contributed by atoms with Crippen molar-refractivity contribution in [2.45, 2.75) is 32.2 Å². The fourth-order valence-electron chi connectivity index (χ4n) is 2.17. The number of benzene rings is 1. The lowest BCUT2D eigenvalue weighted by atomic mass is 10.0. The minimum Gasteiger partial charge on any atom is -0.496 e. The Morgan fingerprint density at radius 2 is 2.32 bits per heavy atom. The molecule has 0 fully saturated rings. The van der Waals surface area contributed by atoms with Gasteiger partial charge in [-0.3, -0.25) is 0 Å². The highest BCUT2D eigenvalue weighted by molar-refractivity contribution is 14.1. The van der Waals surface area contributed by atoms with Gasteiger partial charge in [-0.15, -0.1) is 0 Å². The van der Waals surface area contributed by atoms with Crippen LogP contribution in [0.2, 0.25) is 0 Å². The number of rotatable bonds is 5. The molecule has 0 aromatic heterocycles. The molecular weight excluding hydrogens is 356 g/mol. The summed E-state index contributed by atoms with van der Waals surface area (Å²) in [6.45, 7) is 3.82. The summed E-state index contributed by atoms with van der Waals surface area (Å²) in [6.07, 6.45) is 5.33. The highest BCUT2D eigenvalue weighted by Gasteiger charge is 2.21. The number of ether oxygens (including phenoxy) is 1. The molecule has 19 heavy (non-hydrogen) atoms. The van der Waals surface area contributed by atoms with Crippen LogP contribution in [0, 0.1) is 9.39 Å². The lowest BCUT2D eigenvalue weighted by Crippen LogP contribution is -2.27. The first-order chi connectivity index (χ1) is 9.22. The van der Waals surface area contributed by atoms with Crippen molar-refractivity contribution in [3.05, 3.63) is 45.0 Å². The summed E-state index contributed by atoms with van der Waals surface area (Å²) >= 11 is 2.19. The van der Waals surface area contributed by atoms with E-state index in [1.807, 2.05) is 6.07 Å². The molecule has 0 bridgehead atoms. The van der Waals surface area contributed by atoms with Crippen LogP contribution in [-0.4, -0.2) is 13.2 Å². The molecule has 0 radical (unpaired) electrons. The number of nitrogens with one attached hydrogen (secondary N) is 1. The summed E-state index contributed by atoms with van der Waals surface area (Å²) in [5.74, 6) is 0.783. The molecular formula is C15H19FINO. The molecule has 1 atom stereocenters. The molecule has 1 N–H and O–H groups in total. The maximum absolute atomic E-state index is 13.2. The molecule has 1 unspecified atom stereocenters. The molecule has 0 amide bonds. The SMILES string of the molecule is CCCNC(C1=CCCCO1)c1ccc(F)cc1I. The minimum absolute atomic E-state index is 0.0350. The lowest BCUT2D eigenvalue weighted by molar-refractivity contribution is 0.167. The first-order valence-corrected chi connectivity index (χ1v) is 7.81. The van der Waals surface area contributed by atoms with Gasteiger partial charge < -0.3 is 10.1 Å². The Morgan fingerprint density at radius 3 is 2.95 bits per heavy atom. The zero-order valence-corrected chi connectivity index (χ0v) is 13.2. The molecule has 0 spiro atoms. The largest absolute Gasteiger partial charge is 0.496 e. The van der Waals surface area contributed by atoms with Crippen LogP contribution in [0.3, 0.4) is 0 Å². The zero-order valence-electron chi connectivity index (χ0n) is 11.1. The smallest absolute Gasteiger partial charge is 0.124 e. The van der Waals surface area contributed by atoms with E-state index in [-0.39, 0.29) is 11.9 Å². The van der Waals surface area contributed by atoms with Crippen LogP contribution < -0.4 is 5.32 Å². The fourth-order valence-corrected chi connectivity index (χ4v) is 2.95. The van der Waals surface area contributed by atoms with Gasteiger partial charge in [0.15, 0.2) is 0 Å². The quantitative estimate of drug-likeness (QED) is 0.781. The van der Waals surface area contributed by atoms with Gasteiger partial charge in [-0.2, -0.15) is 0 Å². The van der Waals surface area contributed by atoms with E-state index in [1.54, 1.807) is 6.07 Å². The van der Waals surface area contributed by atoms with Gasteiger partial charge in [0.25, 0.3) is 0 Å². The van der Waals surface area contributed by atoms with Crippen molar-refractivity contribution in [3.8, 4) is 0 Å². The van der Waals surface area contributed by atoms with Gasteiger partial charge in [-0.05, 0) is 72.2 Å². The maximum atomic E-state index is 13.2. The van der Waals surface area contributed by atoms with E-state index < -0.39 is 0 Å². The summed E-state index contributed by atoms with van der Waals surface area (Å²) < 4.78 is 19.9. The van der Waals surface area contributed by atoms with E-state index in [4.69, 9.17) is 4.74 Å². The molecule has 1 aromatic carbocycles. The number of allylic oxidation sites excluding steroid dienone is 1. The number of halogens is 2. The number of hydrogen-bond acceptors (Lipinski definition) is 2. The van der Waals surface area contributed by atoms with Crippen LogP contribution in [0.15, 0.2) is 30.0 Å². The Balaban J connectivity index is 2.27. The van der Waals surface area contributed by atoms with Crippen LogP contribution in [0.25, 0.3) is 0 Å². The summed E-state index contributed by atoms with van der Waals surface area (Å²) in [7, 11) is 0. The van der Waals surface area contributed by atoms with Crippen molar-refractivity contribution >= 4 is 22.6 Å². The molecule has 0 saturated carbocycles. The third-order valence-electron chi connectivity index (χ3n) is 3.12. The molecule has 1 aliphatic rings. The number of hydrogen-bond donors (Lipinski definition) is 1. The van der Waals surface area contributed by atoms with Gasteiger partial charge in [-0.1, -0.05) is 13.0 Å². The van der Waals surface area contributed by atoms with Crippen molar-refractivity contribution < 1.29 is 9.13 Å². The summed E-state index contributed by atoms with van der Waals surface area (Å²) in [5, 5.41) is 3.50. The average molecular weight is 375 g/mol. The predicted molar refractivity (Wildman–Crippen MR) is 83.4 cm³/mol. The summed E-state index contributed by atoms with van der Waals surface area (Å²) in [4.78, 5) is 0. The second-order valence-corrected chi connectivity index (χ2v) is 5.81. The Morgan fingerprint density at radius 1 is 1.47 bits per heavy atom. The average Bonchev–Trinajstić information content (AvgIpc) is 2.42. The molecule has 1 aromatic rings. The molecule has 104 valence electrons. The molecule has 1 aliphatic heterocycles. The monoisotopic (exact) mass is 375 g/mol. The Kier molecular flexibility index (Phi) is 5.63. The van der Waals surface area contributed by atoms with Gasteiger partial charge in [0.1, 0.15) is 11.6 Å². The van der Waals surface area contributed by atoms with Gasteiger partial charge in [0.05, 0.1) is 12.6 Å². The summed E-state index contributed by atoms with van der Waals surface area (Å²) in [6, 6.07) is 4.97. The molecule has 2 nitrogen and oxygen atoms in total. The van der Waals surface area contributed by atoms with Gasteiger partial charge in [-0.25, -0.2) is 4.39 Å². The second-order valence-electron chi connectivity index (χ2n) is 4.65. The standard InChI is InChI=1S/C15H19FINO/c1-2-8-18-15(14-5-3-4-9-19-14)12-7-6-11(16)10-13(12)17/h5-7,10,15,18H,2-4,8-9H2,1H3. The van der Waals surface area contributed by atoms with E-state index in [2.05, 4.69) is 40.9 Å². The van der Waals surface area contributed by atoms with Crippen LogP contribution in [0.5, 0.6) is 0 Å². The van der Waals surface area contributed by atoms with Crippen molar-refractivity contribution in [1.29, 1.82) is 0 Å². The van der Waals surface area contributed by atoms with E-state index in [0.717, 1.165) is 47.3 Å². The summed E-state index contributed by atoms with van der Waals surface area (Å²) in [5.41, 5.74) is 1.09. The van der Waals surface area contributed by atoms with Crippen molar-refractivity contribution in [3.63, 3.8) is 0 Å². The molecule has 1 heterocycles. The maximum Gasteiger partial charge on any atom is 0.124 e. The highest BCUT2D eigenvalue weighted by Crippen LogP contribution is 2.29. The molecule has 0 aliphatic carbocycles. The van der Waals surface area contributed by atoms with Gasteiger partial charge >= 0.3 is 0 Å². The van der Waals surface area contributed by atoms with Crippen molar-refractivity contribution in [1.82, 2.24) is 5.32 Å². The topological polar surface area (TPSA) is 21.3 Å². The third-order valence-corrected chi connectivity index (χ3v) is 4.05. The van der Waals surface area contributed by atoms with Crippen LogP contribution in [0.1, 0.15) is 37.8 Å². The Hall–Kier alpha value is -0.620. The minimum atomic E-state index is -0.194. The van der Waals surface area contributed by atoms with Gasteiger partial charge in [0, 0.05) is 3.57 Å². The zero-order chi connectivity index (χ0) is 13.7. The van der Waals surface area contributed by atoms with E-state index in [1.165, 1.54) is 6.07 Å². The second kappa shape index (κ2) is 7.24. The molecule has 2 rings (SSSR count). The normalized spacial score (nSPS) is 16.7. The molecule has 4 heteroatoms. The lowest BCUT2D eigenvalue weighted by Gasteiger charge is -2.26. The van der Waals surface area contributed by atoms with Crippen molar-refractivity contribution in [2.75, 3.05) is 13.2 Å². The van der Waals surface area contributed by atoms with Crippen LogP contribution >= 0.6 is 22.6 Å². The Bertz CT molecular complexity index is 461. The first kappa shape index (κ1) is 14.8. The van der Waals surface area contributed by atoms with Gasteiger partial charge in [0.2, 0.25) is 0 Å². The highest BCUT2D eigenvalue weighted by atomic mass is 127. The van der Waals surface area contributed by atoms with Crippen molar-refractivity contribution in [2.24, 2.45) is 0 Å². The Labute approximate surface area is 127 Å². The van der Waals surface area contributed by atoms with E-state index in [0.29, 0.717) is 0 Å². The van der Waals surface area contributed by atoms with Crippen LogP contribution in [0.4, 0.5) is 4.39 Å². The molecule has 0 saturated heterocycles. The fraction of sp³-hybridized carbons (Fsp3) is 0.467. The predicted octanol–water partition coefficient (Wildman–Crippen LogP) is 4.17.